The molecular formula is C13H12BrNO. The average molecular weight is 278 g/mol. The van der Waals surface area contributed by atoms with Crippen molar-refractivity contribution in [3.8, 4) is 0 Å². The molecule has 0 aliphatic carbocycles. The van der Waals surface area contributed by atoms with Gasteiger partial charge in [-0.2, -0.15) is 0 Å². The zero-order valence-electron chi connectivity index (χ0n) is 8.74. The minimum absolute atomic E-state index is 0.191. The SMILES string of the molecule is Brc1cccc(C2NCCc3ccoc32)c1. The molecule has 0 bridgehead atoms. The fraction of sp³-hybridized carbons (Fsp3) is 0.231. The van der Waals surface area contributed by atoms with Crippen LogP contribution in [0.25, 0.3) is 0 Å². The van der Waals surface area contributed by atoms with E-state index in [4.69, 9.17) is 4.42 Å². The molecule has 1 unspecified atom stereocenters. The highest BCUT2D eigenvalue weighted by Gasteiger charge is 2.24. The van der Waals surface area contributed by atoms with E-state index in [-0.39, 0.29) is 6.04 Å². The van der Waals surface area contributed by atoms with E-state index in [9.17, 15) is 0 Å². The van der Waals surface area contributed by atoms with E-state index in [2.05, 4.69) is 45.5 Å². The van der Waals surface area contributed by atoms with Gasteiger partial charge >= 0.3 is 0 Å². The van der Waals surface area contributed by atoms with Crippen molar-refractivity contribution in [3.63, 3.8) is 0 Å². The van der Waals surface area contributed by atoms with E-state index in [1.807, 2.05) is 6.07 Å². The summed E-state index contributed by atoms with van der Waals surface area (Å²) >= 11 is 3.50. The molecule has 2 aromatic rings. The summed E-state index contributed by atoms with van der Waals surface area (Å²) in [4.78, 5) is 0. The van der Waals surface area contributed by atoms with Crippen LogP contribution in [0, 0.1) is 0 Å². The van der Waals surface area contributed by atoms with Crippen LogP contribution in [0.15, 0.2) is 45.5 Å². The first-order valence-corrected chi connectivity index (χ1v) is 6.19. The van der Waals surface area contributed by atoms with Crippen molar-refractivity contribution >= 4 is 15.9 Å². The maximum Gasteiger partial charge on any atom is 0.128 e. The molecule has 3 rings (SSSR count). The van der Waals surface area contributed by atoms with Crippen molar-refractivity contribution in [2.75, 3.05) is 6.54 Å². The Labute approximate surface area is 103 Å². The van der Waals surface area contributed by atoms with Crippen LogP contribution in [0.3, 0.4) is 0 Å². The summed E-state index contributed by atoms with van der Waals surface area (Å²) in [5, 5.41) is 3.49. The molecule has 82 valence electrons. The van der Waals surface area contributed by atoms with Gasteiger partial charge in [0, 0.05) is 11.0 Å². The van der Waals surface area contributed by atoms with E-state index >= 15 is 0 Å². The zero-order chi connectivity index (χ0) is 11.0. The number of rotatable bonds is 1. The Bertz CT molecular complexity index is 506. The Hall–Kier alpha value is -1.06. The van der Waals surface area contributed by atoms with Crippen LogP contribution in [-0.4, -0.2) is 6.54 Å². The Balaban J connectivity index is 2.04. The lowest BCUT2D eigenvalue weighted by atomic mass is 9.97. The molecule has 0 saturated heterocycles. The Morgan fingerprint density at radius 2 is 2.25 bits per heavy atom. The summed E-state index contributed by atoms with van der Waals surface area (Å²) in [5.74, 6) is 1.06. The average Bonchev–Trinajstić information content (AvgIpc) is 2.76. The van der Waals surface area contributed by atoms with Crippen LogP contribution in [0.1, 0.15) is 22.9 Å². The van der Waals surface area contributed by atoms with Crippen molar-refractivity contribution in [1.29, 1.82) is 0 Å². The molecule has 0 amide bonds. The highest BCUT2D eigenvalue weighted by atomic mass is 79.9. The molecule has 1 aliphatic rings. The summed E-state index contributed by atoms with van der Waals surface area (Å²) in [6, 6.07) is 10.6. The van der Waals surface area contributed by atoms with Crippen LogP contribution in [0.2, 0.25) is 0 Å². The van der Waals surface area contributed by atoms with Gasteiger partial charge in [0.2, 0.25) is 0 Å². The first kappa shape index (κ1) is 10.1. The number of nitrogens with one attached hydrogen (secondary N) is 1. The second-order valence-corrected chi connectivity index (χ2v) is 4.92. The van der Waals surface area contributed by atoms with Gasteiger partial charge in [0.05, 0.1) is 12.3 Å². The Morgan fingerprint density at radius 1 is 1.31 bits per heavy atom. The van der Waals surface area contributed by atoms with Gasteiger partial charge in [-0.3, -0.25) is 0 Å². The molecule has 3 heteroatoms. The third kappa shape index (κ3) is 1.70. The predicted molar refractivity (Wildman–Crippen MR) is 66.4 cm³/mol. The quantitative estimate of drug-likeness (QED) is 0.866. The molecule has 16 heavy (non-hydrogen) atoms. The maximum atomic E-state index is 5.59. The van der Waals surface area contributed by atoms with Gasteiger partial charge in [-0.05, 0) is 35.7 Å². The molecule has 1 atom stereocenters. The lowest BCUT2D eigenvalue weighted by Gasteiger charge is -2.23. The van der Waals surface area contributed by atoms with E-state index in [1.165, 1.54) is 11.1 Å². The van der Waals surface area contributed by atoms with Gasteiger partial charge in [-0.1, -0.05) is 28.1 Å². The van der Waals surface area contributed by atoms with Crippen molar-refractivity contribution in [2.45, 2.75) is 12.5 Å². The van der Waals surface area contributed by atoms with Crippen molar-refractivity contribution in [1.82, 2.24) is 5.32 Å². The fourth-order valence-corrected chi connectivity index (χ4v) is 2.62. The number of hydrogen-bond donors (Lipinski definition) is 1. The lowest BCUT2D eigenvalue weighted by molar-refractivity contribution is 0.425. The van der Waals surface area contributed by atoms with Gasteiger partial charge in [-0.15, -0.1) is 0 Å². The highest BCUT2D eigenvalue weighted by Crippen LogP contribution is 2.30. The highest BCUT2D eigenvalue weighted by molar-refractivity contribution is 9.10. The van der Waals surface area contributed by atoms with Crippen LogP contribution >= 0.6 is 15.9 Å². The summed E-state index contributed by atoms with van der Waals surface area (Å²) in [7, 11) is 0. The number of hydrogen-bond acceptors (Lipinski definition) is 2. The number of benzene rings is 1. The topological polar surface area (TPSA) is 25.2 Å². The maximum absolute atomic E-state index is 5.59. The molecule has 2 nitrogen and oxygen atoms in total. The van der Waals surface area contributed by atoms with Gasteiger partial charge < -0.3 is 9.73 Å². The van der Waals surface area contributed by atoms with Gasteiger partial charge in [0.15, 0.2) is 0 Å². The molecule has 1 aliphatic heterocycles. The molecule has 0 radical (unpaired) electrons. The summed E-state index contributed by atoms with van der Waals surface area (Å²) < 4.78 is 6.69. The molecule has 0 saturated carbocycles. The molecule has 1 aromatic heterocycles. The molecule has 1 aromatic carbocycles. The summed E-state index contributed by atoms with van der Waals surface area (Å²) in [5.41, 5.74) is 2.56. The fourth-order valence-electron chi connectivity index (χ4n) is 2.21. The van der Waals surface area contributed by atoms with Gasteiger partial charge in [0.1, 0.15) is 5.76 Å². The van der Waals surface area contributed by atoms with E-state index in [0.29, 0.717) is 0 Å². The lowest BCUT2D eigenvalue weighted by Crippen LogP contribution is -2.29. The third-order valence-corrected chi connectivity index (χ3v) is 3.46. The zero-order valence-corrected chi connectivity index (χ0v) is 10.3. The molecule has 1 N–H and O–H groups in total. The molecule has 0 spiro atoms. The smallest absolute Gasteiger partial charge is 0.128 e. The van der Waals surface area contributed by atoms with E-state index < -0.39 is 0 Å². The number of fused-ring (bicyclic) bond motifs is 1. The van der Waals surface area contributed by atoms with Crippen molar-refractivity contribution in [2.24, 2.45) is 0 Å². The van der Waals surface area contributed by atoms with Crippen molar-refractivity contribution < 1.29 is 4.42 Å². The minimum Gasteiger partial charge on any atom is -0.467 e. The van der Waals surface area contributed by atoms with Crippen LogP contribution in [0.4, 0.5) is 0 Å². The monoisotopic (exact) mass is 277 g/mol. The molecular weight excluding hydrogens is 266 g/mol. The standard InChI is InChI=1S/C13H12BrNO/c14-11-3-1-2-10(8-11)12-13-9(4-6-15-12)5-7-16-13/h1-3,5,7-8,12,15H,4,6H2. The first-order chi connectivity index (χ1) is 7.84. The molecule has 2 heterocycles. The van der Waals surface area contributed by atoms with Crippen molar-refractivity contribution in [3.05, 3.63) is 58.0 Å². The van der Waals surface area contributed by atoms with Gasteiger partial charge in [0.25, 0.3) is 0 Å². The van der Waals surface area contributed by atoms with Crippen LogP contribution in [-0.2, 0) is 6.42 Å². The largest absolute Gasteiger partial charge is 0.467 e. The van der Waals surface area contributed by atoms with E-state index in [0.717, 1.165) is 23.2 Å². The minimum atomic E-state index is 0.191. The first-order valence-electron chi connectivity index (χ1n) is 5.40. The second kappa shape index (κ2) is 4.07. The number of furan rings is 1. The normalized spacial score (nSPS) is 19.4. The number of halogens is 1. The van der Waals surface area contributed by atoms with Gasteiger partial charge in [-0.25, -0.2) is 0 Å². The second-order valence-electron chi connectivity index (χ2n) is 4.00. The predicted octanol–water partition coefficient (Wildman–Crippen LogP) is 3.28. The van der Waals surface area contributed by atoms with E-state index in [1.54, 1.807) is 6.26 Å². The summed E-state index contributed by atoms with van der Waals surface area (Å²) in [6.07, 6.45) is 2.83. The molecule has 0 fully saturated rings. The van der Waals surface area contributed by atoms with Crippen LogP contribution < -0.4 is 5.32 Å². The summed E-state index contributed by atoms with van der Waals surface area (Å²) in [6.45, 7) is 1.00. The van der Waals surface area contributed by atoms with Crippen LogP contribution in [0.5, 0.6) is 0 Å². The third-order valence-electron chi connectivity index (χ3n) is 2.97. The Kier molecular flexibility index (Phi) is 2.58. The Morgan fingerprint density at radius 3 is 3.12 bits per heavy atom.